The largest absolute Gasteiger partial charge is 0.361 e. The third-order valence-corrected chi connectivity index (χ3v) is 5.20. The molecule has 3 aromatic heterocycles. The summed E-state index contributed by atoms with van der Waals surface area (Å²) >= 11 is 0. The third-order valence-electron chi connectivity index (χ3n) is 5.20. The number of anilines is 2. The van der Waals surface area contributed by atoms with Crippen LogP contribution in [0.2, 0.25) is 0 Å². The first-order valence-electron chi connectivity index (χ1n) is 9.04. The number of nitriles is 1. The first-order valence-corrected chi connectivity index (χ1v) is 9.04. The molecular weight excluding hydrogens is 346 g/mol. The van der Waals surface area contributed by atoms with Crippen LogP contribution in [0.15, 0.2) is 67.3 Å². The van der Waals surface area contributed by atoms with Crippen LogP contribution in [0.3, 0.4) is 0 Å². The highest BCUT2D eigenvalue weighted by atomic mass is 14.9. The summed E-state index contributed by atoms with van der Waals surface area (Å²) in [5, 5.41) is 15.5. The summed E-state index contributed by atoms with van der Waals surface area (Å²) in [5.41, 5.74) is 7.42. The fourth-order valence-electron chi connectivity index (χ4n) is 3.67. The number of nitrogens with zero attached hydrogens (tertiary/aromatic N) is 2. The predicted octanol–water partition coefficient (Wildman–Crippen LogP) is 5.63. The highest BCUT2D eigenvalue weighted by molar-refractivity contribution is 5.93. The number of hydrogen-bond donors (Lipinski definition) is 3. The maximum atomic E-state index is 9.67. The first kappa shape index (κ1) is 16.2. The molecule has 5 nitrogen and oxygen atoms in total. The number of rotatable bonds is 3. The molecule has 134 valence electrons. The molecule has 28 heavy (non-hydrogen) atoms. The molecule has 0 saturated carbocycles. The lowest BCUT2D eigenvalue weighted by Crippen LogP contribution is -2.00. The number of benzene rings is 2. The number of aromatic amines is 2. The third kappa shape index (κ3) is 2.51. The van der Waals surface area contributed by atoms with Gasteiger partial charge in [-0.3, -0.25) is 4.98 Å². The molecule has 0 radical (unpaired) electrons. The van der Waals surface area contributed by atoms with E-state index in [-0.39, 0.29) is 0 Å². The summed E-state index contributed by atoms with van der Waals surface area (Å²) in [5.74, 6) is 0. The van der Waals surface area contributed by atoms with Crippen molar-refractivity contribution in [1.82, 2.24) is 15.0 Å². The van der Waals surface area contributed by atoms with Gasteiger partial charge < -0.3 is 15.3 Å². The fourth-order valence-corrected chi connectivity index (χ4v) is 3.67. The second kappa shape index (κ2) is 6.29. The molecule has 0 amide bonds. The SMILES string of the molecule is Cc1c(Nc2c(C#N)cncc2-c2ccc3cc[nH]c3c2)ccc2[nH]ccc12. The number of pyridine rings is 1. The van der Waals surface area contributed by atoms with Gasteiger partial charge in [-0.05, 0) is 53.8 Å². The molecule has 0 saturated heterocycles. The summed E-state index contributed by atoms with van der Waals surface area (Å²) < 4.78 is 0. The standard InChI is InChI=1S/C23H17N5/c1-14-18-7-9-26-21(18)5-4-20(14)28-23-17(11-24)12-25-13-19(23)16-3-2-15-6-8-27-22(15)10-16/h2-10,12-13,26-27H,1H3,(H,25,28). The lowest BCUT2D eigenvalue weighted by molar-refractivity contribution is 1.29. The average Bonchev–Trinajstić information content (AvgIpc) is 3.39. The van der Waals surface area contributed by atoms with Crippen molar-refractivity contribution in [3.05, 3.63) is 78.4 Å². The van der Waals surface area contributed by atoms with Crippen LogP contribution in [-0.4, -0.2) is 15.0 Å². The zero-order valence-electron chi connectivity index (χ0n) is 15.2. The number of hydrogen-bond acceptors (Lipinski definition) is 3. The summed E-state index contributed by atoms with van der Waals surface area (Å²) in [6, 6.07) is 16.7. The van der Waals surface area contributed by atoms with Crippen molar-refractivity contribution in [2.75, 3.05) is 5.32 Å². The van der Waals surface area contributed by atoms with Gasteiger partial charge in [0.2, 0.25) is 0 Å². The van der Waals surface area contributed by atoms with E-state index >= 15 is 0 Å². The number of aromatic nitrogens is 3. The Morgan fingerprint density at radius 1 is 0.964 bits per heavy atom. The van der Waals surface area contributed by atoms with Crippen molar-refractivity contribution in [3.8, 4) is 17.2 Å². The molecular formula is C23H17N5. The van der Waals surface area contributed by atoms with Crippen LogP contribution in [0.5, 0.6) is 0 Å². The number of nitrogens with one attached hydrogen (secondary N) is 3. The topological polar surface area (TPSA) is 80.3 Å². The number of fused-ring (bicyclic) bond motifs is 2. The Hall–Kier alpha value is -4.04. The minimum Gasteiger partial charge on any atom is -0.361 e. The summed E-state index contributed by atoms with van der Waals surface area (Å²) in [6.45, 7) is 2.08. The molecule has 3 N–H and O–H groups in total. The molecule has 3 heterocycles. The Bertz CT molecular complexity index is 1370. The van der Waals surface area contributed by atoms with Gasteiger partial charge in [-0.15, -0.1) is 0 Å². The van der Waals surface area contributed by atoms with Crippen LogP contribution in [0, 0.1) is 18.3 Å². The number of H-pyrrole nitrogens is 2. The van der Waals surface area contributed by atoms with E-state index in [0.717, 1.165) is 49.9 Å². The van der Waals surface area contributed by atoms with E-state index in [1.54, 1.807) is 12.4 Å². The zero-order chi connectivity index (χ0) is 19.1. The second-order valence-corrected chi connectivity index (χ2v) is 6.80. The molecule has 0 atom stereocenters. The molecule has 0 aliphatic rings. The lowest BCUT2D eigenvalue weighted by atomic mass is 10.0. The molecule has 0 spiro atoms. The van der Waals surface area contributed by atoms with E-state index in [4.69, 9.17) is 0 Å². The summed E-state index contributed by atoms with van der Waals surface area (Å²) in [7, 11) is 0. The van der Waals surface area contributed by atoms with Crippen LogP contribution >= 0.6 is 0 Å². The van der Waals surface area contributed by atoms with E-state index in [1.807, 2.05) is 30.6 Å². The van der Waals surface area contributed by atoms with E-state index in [9.17, 15) is 5.26 Å². The Morgan fingerprint density at radius 3 is 2.71 bits per heavy atom. The van der Waals surface area contributed by atoms with Crippen molar-refractivity contribution >= 4 is 33.2 Å². The Balaban J connectivity index is 1.67. The normalized spacial score (nSPS) is 11.0. The fraction of sp³-hybridized carbons (Fsp3) is 0.0435. The van der Waals surface area contributed by atoms with E-state index in [0.29, 0.717) is 5.56 Å². The summed E-state index contributed by atoms with van der Waals surface area (Å²) in [4.78, 5) is 10.8. The van der Waals surface area contributed by atoms with Gasteiger partial charge in [-0.2, -0.15) is 5.26 Å². The smallest absolute Gasteiger partial charge is 0.103 e. The summed E-state index contributed by atoms with van der Waals surface area (Å²) in [6.07, 6.45) is 7.26. The monoisotopic (exact) mass is 363 g/mol. The lowest BCUT2D eigenvalue weighted by Gasteiger charge is -2.16. The molecule has 0 fully saturated rings. The van der Waals surface area contributed by atoms with Crippen molar-refractivity contribution < 1.29 is 0 Å². The molecule has 0 aliphatic carbocycles. The van der Waals surface area contributed by atoms with Crippen LogP contribution in [0.1, 0.15) is 11.1 Å². The van der Waals surface area contributed by atoms with Crippen molar-refractivity contribution in [1.29, 1.82) is 5.26 Å². The van der Waals surface area contributed by atoms with Crippen molar-refractivity contribution in [2.45, 2.75) is 6.92 Å². The molecule has 0 aliphatic heterocycles. The van der Waals surface area contributed by atoms with Gasteiger partial charge in [0.25, 0.3) is 0 Å². The molecule has 0 unspecified atom stereocenters. The minimum absolute atomic E-state index is 0.512. The van der Waals surface area contributed by atoms with Gasteiger partial charge >= 0.3 is 0 Å². The van der Waals surface area contributed by atoms with Crippen LogP contribution in [0.4, 0.5) is 11.4 Å². The van der Waals surface area contributed by atoms with Gasteiger partial charge in [0.1, 0.15) is 6.07 Å². The van der Waals surface area contributed by atoms with Gasteiger partial charge in [-0.1, -0.05) is 12.1 Å². The van der Waals surface area contributed by atoms with E-state index in [2.05, 4.69) is 57.5 Å². The average molecular weight is 363 g/mol. The Morgan fingerprint density at radius 2 is 1.82 bits per heavy atom. The first-order chi connectivity index (χ1) is 13.7. The molecule has 5 aromatic rings. The van der Waals surface area contributed by atoms with Gasteiger partial charge in [-0.25, -0.2) is 0 Å². The second-order valence-electron chi connectivity index (χ2n) is 6.80. The maximum absolute atomic E-state index is 9.67. The molecule has 0 bridgehead atoms. The van der Waals surface area contributed by atoms with E-state index in [1.165, 1.54) is 0 Å². The zero-order valence-corrected chi connectivity index (χ0v) is 15.2. The Kier molecular flexibility index (Phi) is 3.63. The van der Waals surface area contributed by atoms with Gasteiger partial charge in [0.15, 0.2) is 0 Å². The molecule has 5 heteroatoms. The molecule has 5 rings (SSSR count). The van der Waals surface area contributed by atoms with Gasteiger partial charge in [0, 0.05) is 52.5 Å². The molecule has 2 aromatic carbocycles. The highest BCUT2D eigenvalue weighted by Crippen LogP contribution is 2.35. The quantitative estimate of drug-likeness (QED) is 0.388. The van der Waals surface area contributed by atoms with E-state index < -0.39 is 0 Å². The van der Waals surface area contributed by atoms with Gasteiger partial charge in [0.05, 0.1) is 11.3 Å². The maximum Gasteiger partial charge on any atom is 0.103 e. The van der Waals surface area contributed by atoms with Crippen LogP contribution < -0.4 is 5.32 Å². The Labute approximate surface area is 161 Å². The van der Waals surface area contributed by atoms with Crippen molar-refractivity contribution in [2.24, 2.45) is 0 Å². The predicted molar refractivity (Wildman–Crippen MR) is 113 cm³/mol. The van der Waals surface area contributed by atoms with Crippen molar-refractivity contribution in [3.63, 3.8) is 0 Å². The minimum atomic E-state index is 0.512. The highest BCUT2D eigenvalue weighted by Gasteiger charge is 2.14. The number of aryl methyl sites for hydroxylation is 1. The van der Waals surface area contributed by atoms with Crippen LogP contribution in [-0.2, 0) is 0 Å². The van der Waals surface area contributed by atoms with Crippen LogP contribution in [0.25, 0.3) is 32.9 Å².